The van der Waals surface area contributed by atoms with Crippen molar-refractivity contribution in [3.8, 4) is 11.5 Å². The third-order valence-electron chi connectivity index (χ3n) is 3.16. The van der Waals surface area contributed by atoms with Gasteiger partial charge in [0.25, 0.3) is 11.8 Å². The van der Waals surface area contributed by atoms with E-state index in [0.717, 1.165) is 11.3 Å². The minimum Gasteiger partial charge on any atom is -0.497 e. The van der Waals surface area contributed by atoms with E-state index in [1.54, 1.807) is 30.7 Å². The van der Waals surface area contributed by atoms with Crippen LogP contribution in [0.4, 0.5) is 5.13 Å². The molecule has 0 saturated carbocycles. The number of carbonyl (C=O) groups excluding carboxylic acids is 2. The van der Waals surface area contributed by atoms with Crippen molar-refractivity contribution in [2.75, 3.05) is 39.8 Å². The molecule has 0 atom stereocenters. The van der Waals surface area contributed by atoms with Crippen molar-refractivity contribution in [2.24, 2.45) is 0 Å². The minimum atomic E-state index is -0.377. The standard InChI is InChI=1S/C16H19N3O5S/c1-22-5-4-17-15(21)13-9-25-16(18-13)19-14(20)10-6-11(23-2)8-12(7-10)24-3/h6-9H,4-5H2,1-3H3,(H,17,21)(H,18,19,20). The van der Waals surface area contributed by atoms with E-state index in [2.05, 4.69) is 15.6 Å². The van der Waals surface area contributed by atoms with Crippen LogP contribution in [0.5, 0.6) is 11.5 Å². The number of methoxy groups -OCH3 is 3. The van der Waals surface area contributed by atoms with E-state index in [-0.39, 0.29) is 17.5 Å². The zero-order valence-corrected chi connectivity index (χ0v) is 14.9. The molecule has 0 aliphatic heterocycles. The number of carbonyl (C=O) groups is 2. The largest absolute Gasteiger partial charge is 0.497 e. The molecule has 1 aromatic carbocycles. The molecule has 25 heavy (non-hydrogen) atoms. The van der Waals surface area contributed by atoms with E-state index in [0.29, 0.717) is 35.3 Å². The van der Waals surface area contributed by atoms with Gasteiger partial charge in [0.1, 0.15) is 17.2 Å². The quantitative estimate of drug-likeness (QED) is 0.692. The lowest BCUT2D eigenvalue weighted by molar-refractivity contribution is 0.0931. The van der Waals surface area contributed by atoms with Gasteiger partial charge in [0.05, 0.1) is 20.8 Å². The molecule has 2 rings (SSSR count). The molecule has 0 saturated heterocycles. The Bertz CT molecular complexity index is 725. The lowest BCUT2D eigenvalue weighted by Crippen LogP contribution is -2.27. The summed E-state index contributed by atoms with van der Waals surface area (Å²) in [5.74, 6) is 0.304. The molecule has 9 heteroatoms. The van der Waals surface area contributed by atoms with Gasteiger partial charge in [-0.05, 0) is 12.1 Å². The van der Waals surface area contributed by atoms with Gasteiger partial charge in [-0.25, -0.2) is 4.98 Å². The van der Waals surface area contributed by atoms with Gasteiger partial charge in [-0.2, -0.15) is 0 Å². The van der Waals surface area contributed by atoms with Gasteiger partial charge in [0, 0.05) is 30.7 Å². The number of rotatable bonds is 8. The van der Waals surface area contributed by atoms with Gasteiger partial charge < -0.3 is 19.5 Å². The molecule has 0 aliphatic rings. The van der Waals surface area contributed by atoms with Crippen LogP contribution in [0.25, 0.3) is 0 Å². The first-order valence-electron chi connectivity index (χ1n) is 7.34. The topological polar surface area (TPSA) is 98.8 Å². The average Bonchev–Trinajstić information content (AvgIpc) is 3.09. The fourth-order valence-corrected chi connectivity index (χ4v) is 2.59. The molecule has 2 amide bonds. The fourth-order valence-electron chi connectivity index (χ4n) is 1.90. The SMILES string of the molecule is COCCNC(=O)c1csc(NC(=O)c2cc(OC)cc(OC)c2)n1. The van der Waals surface area contributed by atoms with Crippen molar-refractivity contribution >= 4 is 28.3 Å². The van der Waals surface area contributed by atoms with Crippen LogP contribution in [0.3, 0.4) is 0 Å². The van der Waals surface area contributed by atoms with Crippen LogP contribution >= 0.6 is 11.3 Å². The fraction of sp³-hybridized carbons (Fsp3) is 0.312. The highest BCUT2D eigenvalue weighted by Gasteiger charge is 2.14. The lowest BCUT2D eigenvalue weighted by Gasteiger charge is -2.08. The molecular weight excluding hydrogens is 346 g/mol. The Morgan fingerprint density at radius 2 is 1.76 bits per heavy atom. The number of hydrogen-bond donors (Lipinski definition) is 2. The highest BCUT2D eigenvalue weighted by atomic mass is 32.1. The molecule has 134 valence electrons. The Morgan fingerprint density at radius 3 is 2.36 bits per heavy atom. The van der Waals surface area contributed by atoms with Crippen molar-refractivity contribution in [3.05, 3.63) is 34.8 Å². The molecule has 2 aromatic rings. The average molecular weight is 365 g/mol. The summed E-state index contributed by atoms with van der Waals surface area (Å²) in [5.41, 5.74) is 0.595. The number of amides is 2. The molecule has 1 aromatic heterocycles. The first kappa shape index (κ1) is 18.7. The molecule has 0 radical (unpaired) electrons. The van der Waals surface area contributed by atoms with Crippen molar-refractivity contribution in [1.82, 2.24) is 10.3 Å². The normalized spacial score (nSPS) is 10.2. The summed E-state index contributed by atoms with van der Waals surface area (Å²) in [5, 5.41) is 7.22. The van der Waals surface area contributed by atoms with Crippen LogP contribution in [0.1, 0.15) is 20.8 Å². The van der Waals surface area contributed by atoms with Crippen LogP contribution in [0.15, 0.2) is 23.6 Å². The Kier molecular flexibility index (Phi) is 6.72. The molecule has 0 bridgehead atoms. The second-order valence-corrected chi connectivity index (χ2v) is 5.70. The van der Waals surface area contributed by atoms with Crippen molar-refractivity contribution in [2.45, 2.75) is 0 Å². The maximum Gasteiger partial charge on any atom is 0.270 e. The number of nitrogens with zero attached hydrogens (tertiary/aromatic N) is 1. The molecular formula is C16H19N3O5S. The van der Waals surface area contributed by atoms with Crippen LogP contribution in [0.2, 0.25) is 0 Å². The third kappa shape index (κ3) is 5.16. The summed E-state index contributed by atoms with van der Waals surface area (Å²) in [6.07, 6.45) is 0. The maximum absolute atomic E-state index is 12.4. The summed E-state index contributed by atoms with van der Waals surface area (Å²) in [6, 6.07) is 4.84. The van der Waals surface area contributed by atoms with E-state index in [1.165, 1.54) is 14.2 Å². The van der Waals surface area contributed by atoms with Gasteiger partial charge in [-0.1, -0.05) is 0 Å². The number of aromatic nitrogens is 1. The number of benzene rings is 1. The monoisotopic (exact) mass is 365 g/mol. The first-order chi connectivity index (χ1) is 12.1. The Labute approximate surface area is 149 Å². The van der Waals surface area contributed by atoms with Crippen molar-refractivity contribution in [3.63, 3.8) is 0 Å². The second-order valence-electron chi connectivity index (χ2n) is 4.84. The summed E-state index contributed by atoms with van der Waals surface area (Å²) >= 11 is 1.16. The summed E-state index contributed by atoms with van der Waals surface area (Å²) in [4.78, 5) is 28.4. The Hall–Kier alpha value is -2.65. The summed E-state index contributed by atoms with van der Waals surface area (Å²) in [7, 11) is 4.56. The van der Waals surface area contributed by atoms with Gasteiger partial charge in [-0.3, -0.25) is 14.9 Å². The Morgan fingerprint density at radius 1 is 1.08 bits per heavy atom. The van der Waals surface area contributed by atoms with Gasteiger partial charge >= 0.3 is 0 Å². The van der Waals surface area contributed by atoms with Crippen molar-refractivity contribution in [1.29, 1.82) is 0 Å². The molecule has 2 N–H and O–H groups in total. The predicted octanol–water partition coefficient (Wildman–Crippen LogP) is 1.79. The van der Waals surface area contributed by atoms with E-state index in [4.69, 9.17) is 14.2 Å². The summed E-state index contributed by atoms with van der Waals surface area (Å²) in [6.45, 7) is 0.801. The number of ether oxygens (including phenoxy) is 3. The van der Waals surface area contributed by atoms with Crippen LogP contribution in [0, 0.1) is 0 Å². The van der Waals surface area contributed by atoms with Crippen molar-refractivity contribution < 1.29 is 23.8 Å². The van der Waals surface area contributed by atoms with Crippen LogP contribution in [-0.4, -0.2) is 51.3 Å². The zero-order valence-electron chi connectivity index (χ0n) is 14.1. The highest BCUT2D eigenvalue weighted by molar-refractivity contribution is 7.14. The second kappa shape index (κ2) is 9.00. The highest BCUT2D eigenvalue weighted by Crippen LogP contribution is 2.24. The minimum absolute atomic E-state index is 0.236. The smallest absolute Gasteiger partial charge is 0.270 e. The van der Waals surface area contributed by atoms with Gasteiger partial charge in [-0.15, -0.1) is 11.3 Å². The predicted molar refractivity (Wildman–Crippen MR) is 93.8 cm³/mol. The maximum atomic E-state index is 12.4. The van der Waals surface area contributed by atoms with Gasteiger partial charge in [0.15, 0.2) is 5.13 Å². The van der Waals surface area contributed by atoms with E-state index >= 15 is 0 Å². The molecule has 8 nitrogen and oxygen atoms in total. The Balaban J connectivity index is 2.05. The first-order valence-corrected chi connectivity index (χ1v) is 8.22. The lowest BCUT2D eigenvalue weighted by atomic mass is 10.2. The van der Waals surface area contributed by atoms with Crippen LogP contribution < -0.4 is 20.1 Å². The number of nitrogens with one attached hydrogen (secondary N) is 2. The number of hydrogen-bond acceptors (Lipinski definition) is 7. The molecule has 1 heterocycles. The number of anilines is 1. The number of thiazole rings is 1. The van der Waals surface area contributed by atoms with E-state index in [9.17, 15) is 9.59 Å². The molecule has 0 spiro atoms. The zero-order chi connectivity index (χ0) is 18.2. The van der Waals surface area contributed by atoms with E-state index < -0.39 is 0 Å². The van der Waals surface area contributed by atoms with Gasteiger partial charge in [0.2, 0.25) is 0 Å². The summed E-state index contributed by atoms with van der Waals surface area (Å²) < 4.78 is 15.2. The third-order valence-corrected chi connectivity index (χ3v) is 3.92. The van der Waals surface area contributed by atoms with E-state index in [1.807, 2.05) is 0 Å². The molecule has 0 unspecified atom stereocenters. The molecule has 0 fully saturated rings. The molecule has 0 aliphatic carbocycles. The van der Waals surface area contributed by atoms with Crippen LogP contribution in [-0.2, 0) is 4.74 Å².